The summed E-state index contributed by atoms with van der Waals surface area (Å²) in [7, 11) is -1.68. The second-order valence-corrected chi connectivity index (χ2v) is 13.2. The van der Waals surface area contributed by atoms with E-state index in [1.807, 2.05) is 13.8 Å². The van der Waals surface area contributed by atoms with Gasteiger partial charge in [-0.1, -0.05) is 55.4 Å². The zero-order valence-electron chi connectivity index (χ0n) is 14.5. The fourth-order valence-electron chi connectivity index (χ4n) is 3.34. The van der Waals surface area contributed by atoms with Crippen LogP contribution in [0.5, 0.6) is 0 Å². The van der Waals surface area contributed by atoms with E-state index >= 15 is 0 Å². The molecule has 0 saturated heterocycles. The van der Waals surface area contributed by atoms with Crippen molar-refractivity contribution < 1.29 is 9.90 Å². The topological polar surface area (TPSA) is 37.3 Å². The molecule has 0 bridgehead atoms. The molecule has 0 rings (SSSR count). The average Bonchev–Trinajstić information content (AvgIpc) is 2.20. The molecule has 0 amide bonds. The van der Waals surface area contributed by atoms with Crippen LogP contribution in [0.4, 0.5) is 0 Å². The molecule has 0 heterocycles. The second kappa shape index (κ2) is 7.31. The molecule has 0 atom stereocenters. The summed E-state index contributed by atoms with van der Waals surface area (Å²) in [6.07, 6.45) is 0.849. The smallest absolute Gasteiger partial charge is 0.303 e. The maximum Gasteiger partial charge on any atom is 0.303 e. The van der Waals surface area contributed by atoms with E-state index in [1.165, 1.54) is 0 Å². The number of rotatable bonds is 6. The van der Waals surface area contributed by atoms with E-state index in [4.69, 9.17) is 5.11 Å². The molecule has 0 aliphatic carbocycles. The van der Waals surface area contributed by atoms with Gasteiger partial charge in [0, 0.05) is 6.42 Å². The van der Waals surface area contributed by atoms with Crippen LogP contribution in [0.1, 0.15) is 68.2 Å². The Labute approximate surface area is 126 Å². The molecule has 0 aliphatic heterocycles. The van der Waals surface area contributed by atoms with Crippen LogP contribution in [-0.4, -0.2) is 19.1 Å². The fourth-order valence-corrected chi connectivity index (χ4v) is 8.60. The van der Waals surface area contributed by atoms with Crippen molar-refractivity contribution in [3.63, 3.8) is 0 Å². The number of aliphatic carboxylic acids is 1. The monoisotopic (exact) mass is 296 g/mol. The lowest BCUT2D eigenvalue weighted by atomic mass is 9.86. The molecule has 0 aromatic rings. The molecular weight excluding hydrogens is 264 g/mol. The van der Waals surface area contributed by atoms with E-state index in [-0.39, 0.29) is 11.8 Å². The zero-order valence-corrected chi connectivity index (χ0v) is 15.5. The van der Waals surface area contributed by atoms with Crippen LogP contribution < -0.4 is 0 Å². The van der Waals surface area contributed by atoms with Crippen molar-refractivity contribution in [1.29, 1.82) is 0 Å². The van der Waals surface area contributed by atoms with Gasteiger partial charge in [0.25, 0.3) is 0 Å². The molecule has 0 saturated carbocycles. The van der Waals surface area contributed by atoms with Crippen molar-refractivity contribution in [2.75, 3.05) is 0 Å². The highest BCUT2D eigenvalue weighted by Crippen LogP contribution is 2.40. The summed E-state index contributed by atoms with van der Waals surface area (Å²) < 4.78 is 0. The molecule has 0 unspecified atom stereocenters. The van der Waals surface area contributed by atoms with E-state index in [2.05, 4.69) is 53.0 Å². The molecule has 0 aromatic carbocycles. The summed E-state index contributed by atoms with van der Waals surface area (Å²) in [4.78, 5) is 10.9. The first kappa shape index (κ1) is 19.2. The molecule has 2 nitrogen and oxygen atoms in total. The third-order valence-electron chi connectivity index (χ3n) is 4.37. The maximum atomic E-state index is 10.9. The predicted molar refractivity (Wildman–Crippen MR) is 89.5 cm³/mol. The summed E-state index contributed by atoms with van der Waals surface area (Å²) in [5.74, 6) is 2.63. The van der Waals surface area contributed by atoms with Gasteiger partial charge in [-0.25, -0.2) is 0 Å². The number of carboxylic acids is 1. The average molecular weight is 297 g/mol. The third kappa shape index (κ3) is 4.98. The van der Waals surface area contributed by atoms with Gasteiger partial charge in [-0.3, -0.25) is 4.79 Å². The summed E-state index contributed by atoms with van der Waals surface area (Å²) in [6.45, 7) is 17.7. The molecule has 1 N–H and O–H groups in total. The fraction of sp³-hybridized carbons (Fsp3) is 0.824. The van der Waals surface area contributed by atoms with Gasteiger partial charge in [0.15, 0.2) is 0 Å². The minimum atomic E-state index is -1.68. The molecule has 20 heavy (non-hydrogen) atoms. The summed E-state index contributed by atoms with van der Waals surface area (Å²) in [5.41, 5.74) is 5.28. The highest BCUT2D eigenvalue weighted by atomic mass is 28.3. The predicted octanol–water partition coefficient (Wildman–Crippen LogP) is 5.10. The Morgan fingerprint density at radius 3 is 1.75 bits per heavy atom. The van der Waals surface area contributed by atoms with E-state index in [0.29, 0.717) is 23.0 Å². The second-order valence-electron chi connectivity index (χ2n) is 7.61. The van der Waals surface area contributed by atoms with E-state index in [9.17, 15) is 4.79 Å². The van der Waals surface area contributed by atoms with E-state index in [1.54, 1.807) is 0 Å². The van der Waals surface area contributed by atoms with Gasteiger partial charge in [0.2, 0.25) is 0 Å². The van der Waals surface area contributed by atoms with Crippen LogP contribution in [0.15, 0.2) is 0 Å². The van der Waals surface area contributed by atoms with Crippen molar-refractivity contribution >= 4 is 14.0 Å². The quantitative estimate of drug-likeness (QED) is 0.547. The Hall–Kier alpha value is -0.753. The molecule has 0 spiro atoms. The van der Waals surface area contributed by atoms with Gasteiger partial charge < -0.3 is 5.11 Å². The van der Waals surface area contributed by atoms with Crippen LogP contribution in [0, 0.1) is 16.9 Å². The van der Waals surface area contributed by atoms with E-state index in [0.717, 1.165) is 0 Å². The van der Waals surface area contributed by atoms with Gasteiger partial charge in [0.05, 0.1) is 6.42 Å². The Morgan fingerprint density at radius 2 is 1.45 bits per heavy atom. The number of carboxylic acid groups (broad SMARTS) is 1. The third-order valence-corrected chi connectivity index (χ3v) is 10.7. The van der Waals surface area contributed by atoms with Crippen LogP contribution in [0.2, 0.25) is 16.6 Å². The van der Waals surface area contributed by atoms with Gasteiger partial charge in [-0.15, -0.1) is 11.5 Å². The van der Waals surface area contributed by atoms with Gasteiger partial charge in [0.1, 0.15) is 8.07 Å². The number of hydrogen-bond acceptors (Lipinski definition) is 1. The SMILES string of the molecule is CC(C)[Si](C#CCC(C)(C)CC(=O)O)(C(C)C)C(C)C. The number of hydrogen-bond donors (Lipinski definition) is 1. The molecule has 116 valence electrons. The van der Waals surface area contributed by atoms with Crippen LogP contribution in [0.25, 0.3) is 0 Å². The highest BCUT2D eigenvalue weighted by Gasteiger charge is 2.41. The Balaban J connectivity index is 5.22. The van der Waals surface area contributed by atoms with Crippen molar-refractivity contribution in [1.82, 2.24) is 0 Å². The molecular formula is C17H32O2Si. The Bertz CT molecular complexity index is 362. The van der Waals surface area contributed by atoms with Gasteiger partial charge in [-0.2, -0.15) is 0 Å². The largest absolute Gasteiger partial charge is 0.481 e. The molecule has 0 aliphatic rings. The van der Waals surface area contributed by atoms with E-state index < -0.39 is 14.0 Å². The first-order valence-electron chi connectivity index (χ1n) is 7.67. The Kier molecular flexibility index (Phi) is 7.04. The lowest BCUT2D eigenvalue weighted by Gasteiger charge is -2.38. The van der Waals surface area contributed by atoms with Crippen molar-refractivity contribution in [2.45, 2.75) is 84.9 Å². The first-order chi connectivity index (χ1) is 8.95. The summed E-state index contributed by atoms with van der Waals surface area (Å²) in [5, 5.41) is 8.93. The lowest BCUT2D eigenvalue weighted by Crippen LogP contribution is -2.43. The van der Waals surface area contributed by atoms with Crippen LogP contribution in [-0.2, 0) is 4.79 Å². The van der Waals surface area contributed by atoms with Crippen molar-refractivity contribution in [3.8, 4) is 11.5 Å². The van der Waals surface area contributed by atoms with Crippen molar-refractivity contribution in [3.05, 3.63) is 0 Å². The summed E-state index contributed by atoms with van der Waals surface area (Å²) in [6, 6.07) is 0. The maximum absolute atomic E-state index is 10.9. The lowest BCUT2D eigenvalue weighted by molar-refractivity contribution is -0.139. The van der Waals surface area contributed by atoms with Crippen LogP contribution >= 0.6 is 0 Å². The molecule has 0 radical (unpaired) electrons. The summed E-state index contributed by atoms with van der Waals surface area (Å²) >= 11 is 0. The highest BCUT2D eigenvalue weighted by molar-refractivity contribution is 6.90. The molecule has 0 fully saturated rings. The number of carbonyl (C=O) groups is 1. The first-order valence-corrected chi connectivity index (χ1v) is 9.90. The molecule has 3 heteroatoms. The Morgan fingerprint density at radius 1 is 1.05 bits per heavy atom. The zero-order chi connectivity index (χ0) is 16.1. The van der Waals surface area contributed by atoms with Gasteiger partial charge >= 0.3 is 5.97 Å². The van der Waals surface area contributed by atoms with Crippen molar-refractivity contribution in [2.24, 2.45) is 5.41 Å². The standard InChI is InChI=1S/C17H32O2Si/c1-13(2)20(14(3)4,15(5)6)11-9-10-17(7,8)12-16(18)19/h13-15H,10,12H2,1-8H3,(H,18,19). The van der Waals surface area contributed by atoms with Gasteiger partial charge in [-0.05, 0) is 22.0 Å². The normalized spacial score (nSPS) is 12.8. The minimum absolute atomic E-state index is 0.182. The van der Waals surface area contributed by atoms with Crippen LogP contribution in [0.3, 0.4) is 0 Å². The minimum Gasteiger partial charge on any atom is -0.481 e. The molecule has 0 aromatic heterocycles.